The Kier molecular flexibility index (Phi) is 7.75. The zero-order chi connectivity index (χ0) is 15.7. The van der Waals surface area contributed by atoms with E-state index < -0.39 is 0 Å². The lowest BCUT2D eigenvalue weighted by atomic mass is 10.1. The highest BCUT2D eigenvalue weighted by Crippen LogP contribution is 2.14. The highest BCUT2D eigenvalue weighted by Gasteiger charge is 2.13. The van der Waals surface area contributed by atoms with Gasteiger partial charge in [-0.2, -0.15) is 0 Å². The van der Waals surface area contributed by atoms with Crippen LogP contribution in [-0.2, 0) is 11.3 Å². The number of methoxy groups -OCH3 is 1. The highest BCUT2D eigenvalue weighted by atomic mass is 32.1. The fourth-order valence-corrected chi connectivity index (χ4v) is 2.07. The van der Waals surface area contributed by atoms with Crippen molar-refractivity contribution in [3.63, 3.8) is 0 Å². The van der Waals surface area contributed by atoms with Gasteiger partial charge in [-0.05, 0) is 24.1 Å². The maximum Gasteiger partial charge on any atom is 0.222 e. The zero-order valence-electron chi connectivity index (χ0n) is 12.8. The maximum atomic E-state index is 12.3. The highest BCUT2D eigenvalue weighted by molar-refractivity contribution is 7.80. The van der Waals surface area contributed by atoms with E-state index in [9.17, 15) is 4.79 Å². The minimum absolute atomic E-state index is 0.156. The molecule has 0 radical (unpaired) electrons. The van der Waals surface area contributed by atoms with Crippen molar-refractivity contribution in [3.05, 3.63) is 29.8 Å². The van der Waals surface area contributed by atoms with Gasteiger partial charge in [0.05, 0.1) is 12.1 Å². The van der Waals surface area contributed by atoms with Crippen molar-refractivity contribution in [2.45, 2.75) is 39.2 Å². The monoisotopic (exact) mass is 308 g/mol. The lowest BCUT2D eigenvalue weighted by Gasteiger charge is -2.23. The quantitative estimate of drug-likeness (QED) is 0.713. The van der Waals surface area contributed by atoms with Gasteiger partial charge in [-0.15, -0.1) is 0 Å². The number of rotatable bonds is 9. The van der Waals surface area contributed by atoms with E-state index in [0.29, 0.717) is 30.9 Å². The molecule has 0 atom stereocenters. The van der Waals surface area contributed by atoms with Crippen LogP contribution >= 0.6 is 12.2 Å². The van der Waals surface area contributed by atoms with Crippen LogP contribution in [0.3, 0.4) is 0 Å². The first-order chi connectivity index (χ1) is 10.1. The molecule has 2 N–H and O–H groups in total. The van der Waals surface area contributed by atoms with Gasteiger partial charge in [-0.1, -0.05) is 37.7 Å². The number of amides is 1. The zero-order valence-corrected chi connectivity index (χ0v) is 13.6. The molecule has 0 saturated carbocycles. The second-order valence-electron chi connectivity index (χ2n) is 4.98. The summed E-state index contributed by atoms with van der Waals surface area (Å²) in [6, 6.07) is 7.74. The van der Waals surface area contributed by atoms with Crippen molar-refractivity contribution in [1.29, 1.82) is 0 Å². The van der Waals surface area contributed by atoms with Crippen LogP contribution in [0.1, 0.15) is 38.2 Å². The standard InChI is InChI=1S/C16H24N2O2S/c1-3-4-5-16(19)18(11-10-15(17)21)12-13-6-8-14(20-2)9-7-13/h6-9H,3-5,10-12H2,1-2H3,(H2,17,21). The minimum Gasteiger partial charge on any atom is -0.497 e. The lowest BCUT2D eigenvalue weighted by Crippen LogP contribution is -2.33. The van der Waals surface area contributed by atoms with Crippen LogP contribution in [0.4, 0.5) is 0 Å². The molecule has 0 aromatic heterocycles. The molecular formula is C16H24N2O2S. The summed E-state index contributed by atoms with van der Waals surface area (Å²) in [5.74, 6) is 0.967. The van der Waals surface area contributed by atoms with Crippen molar-refractivity contribution in [2.75, 3.05) is 13.7 Å². The molecule has 0 aliphatic rings. The molecule has 0 unspecified atom stereocenters. The first-order valence-electron chi connectivity index (χ1n) is 7.25. The number of ether oxygens (including phenoxy) is 1. The van der Waals surface area contributed by atoms with E-state index in [2.05, 4.69) is 6.92 Å². The topological polar surface area (TPSA) is 55.6 Å². The second-order valence-corrected chi connectivity index (χ2v) is 5.51. The number of hydrogen-bond acceptors (Lipinski definition) is 3. The average molecular weight is 308 g/mol. The molecular weight excluding hydrogens is 284 g/mol. The van der Waals surface area contributed by atoms with Gasteiger partial charge in [0.1, 0.15) is 5.75 Å². The SMILES string of the molecule is CCCCC(=O)N(CCC(N)=S)Cc1ccc(OC)cc1. The number of nitrogens with zero attached hydrogens (tertiary/aromatic N) is 1. The van der Waals surface area contributed by atoms with E-state index >= 15 is 0 Å². The minimum atomic E-state index is 0.156. The van der Waals surface area contributed by atoms with Gasteiger partial charge in [-0.3, -0.25) is 4.79 Å². The predicted molar refractivity (Wildman–Crippen MR) is 89.3 cm³/mol. The van der Waals surface area contributed by atoms with Crippen LogP contribution < -0.4 is 10.5 Å². The molecule has 5 heteroatoms. The van der Waals surface area contributed by atoms with Gasteiger partial charge in [0, 0.05) is 25.9 Å². The molecule has 0 spiro atoms. The van der Waals surface area contributed by atoms with Gasteiger partial charge >= 0.3 is 0 Å². The number of nitrogens with two attached hydrogens (primary N) is 1. The molecule has 1 amide bonds. The van der Waals surface area contributed by atoms with E-state index in [4.69, 9.17) is 22.7 Å². The Morgan fingerprint density at radius 3 is 2.48 bits per heavy atom. The van der Waals surface area contributed by atoms with Crippen molar-refractivity contribution in [1.82, 2.24) is 4.90 Å². The number of benzene rings is 1. The predicted octanol–water partition coefficient (Wildman–Crippen LogP) is 2.89. The molecule has 0 heterocycles. The third kappa shape index (κ3) is 6.58. The molecule has 21 heavy (non-hydrogen) atoms. The molecule has 0 aliphatic heterocycles. The van der Waals surface area contributed by atoms with E-state index in [1.807, 2.05) is 29.2 Å². The summed E-state index contributed by atoms with van der Waals surface area (Å²) in [7, 11) is 1.64. The Morgan fingerprint density at radius 2 is 1.95 bits per heavy atom. The molecule has 0 saturated heterocycles. The van der Waals surface area contributed by atoms with E-state index in [1.54, 1.807) is 7.11 Å². The van der Waals surface area contributed by atoms with Crippen LogP contribution in [0.25, 0.3) is 0 Å². The Bertz CT molecular complexity index is 460. The van der Waals surface area contributed by atoms with Crippen LogP contribution in [0, 0.1) is 0 Å². The van der Waals surface area contributed by atoms with Gasteiger partial charge in [-0.25, -0.2) is 0 Å². The molecule has 1 rings (SSSR count). The largest absolute Gasteiger partial charge is 0.497 e. The van der Waals surface area contributed by atoms with E-state index in [0.717, 1.165) is 24.2 Å². The third-order valence-corrected chi connectivity index (χ3v) is 3.46. The van der Waals surface area contributed by atoms with E-state index in [-0.39, 0.29) is 5.91 Å². The molecule has 0 bridgehead atoms. The molecule has 1 aromatic rings. The summed E-state index contributed by atoms with van der Waals surface area (Å²) in [5, 5.41) is 0. The van der Waals surface area contributed by atoms with Gasteiger partial charge < -0.3 is 15.4 Å². The molecule has 0 fully saturated rings. The van der Waals surface area contributed by atoms with Crippen LogP contribution in [0.15, 0.2) is 24.3 Å². The Morgan fingerprint density at radius 1 is 1.29 bits per heavy atom. The first kappa shape index (κ1) is 17.4. The summed E-state index contributed by atoms with van der Waals surface area (Å²) >= 11 is 4.91. The Labute approximate surface area is 132 Å². The molecule has 0 aliphatic carbocycles. The van der Waals surface area contributed by atoms with E-state index in [1.165, 1.54) is 0 Å². The smallest absolute Gasteiger partial charge is 0.222 e. The molecule has 4 nitrogen and oxygen atoms in total. The lowest BCUT2D eigenvalue weighted by molar-refractivity contribution is -0.131. The first-order valence-corrected chi connectivity index (χ1v) is 7.66. The van der Waals surface area contributed by atoms with Crippen LogP contribution in [0.2, 0.25) is 0 Å². The van der Waals surface area contributed by atoms with Crippen LogP contribution in [0.5, 0.6) is 5.75 Å². The normalized spacial score (nSPS) is 10.2. The number of carbonyl (C=O) groups is 1. The van der Waals surface area contributed by atoms with Gasteiger partial charge in [0.25, 0.3) is 0 Å². The summed E-state index contributed by atoms with van der Waals surface area (Å²) in [5.41, 5.74) is 6.62. The average Bonchev–Trinajstić information content (AvgIpc) is 2.49. The fraction of sp³-hybridized carbons (Fsp3) is 0.500. The second kappa shape index (κ2) is 9.34. The summed E-state index contributed by atoms with van der Waals surface area (Å²) in [6.45, 7) is 3.23. The summed E-state index contributed by atoms with van der Waals surface area (Å²) in [4.78, 5) is 14.5. The van der Waals surface area contributed by atoms with Gasteiger partial charge in [0.15, 0.2) is 0 Å². The molecule has 1 aromatic carbocycles. The Balaban J connectivity index is 2.69. The summed E-state index contributed by atoms with van der Waals surface area (Å²) in [6.07, 6.45) is 3.05. The maximum absolute atomic E-state index is 12.3. The summed E-state index contributed by atoms with van der Waals surface area (Å²) < 4.78 is 5.14. The Hall–Kier alpha value is -1.62. The molecule has 116 valence electrons. The van der Waals surface area contributed by atoms with Crippen molar-refractivity contribution >= 4 is 23.1 Å². The fourth-order valence-electron chi connectivity index (χ4n) is 1.97. The number of carbonyl (C=O) groups excluding carboxylic acids is 1. The van der Waals surface area contributed by atoms with Crippen LogP contribution in [-0.4, -0.2) is 29.5 Å². The van der Waals surface area contributed by atoms with Gasteiger partial charge in [0.2, 0.25) is 5.91 Å². The van der Waals surface area contributed by atoms with Crippen molar-refractivity contribution in [3.8, 4) is 5.75 Å². The van der Waals surface area contributed by atoms with Crippen molar-refractivity contribution < 1.29 is 9.53 Å². The van der Waals surface area contributed by atoms with Crippen molar-refractivity contribution in [2.24, 2.45) is 5.73 Å². The number of unbranched alkanes of at least 4 members (excludes halogenated alkanes) is 1. The number of thiocarbonyl (C=S) groups is 1. The number of hydrogen-bond donors (Lipinski definition) is 1. The third-order valence-electron chi connectivity index (χ3n) is 3.26.